The third-order valence-electron chi connectivity index (χ3n) is 5.24. The van der Waals surface area contributed by atoms with E-state index in [4.69, 9.17) is 4.74 Å². The number of rotatable bonds is 5. The van der Waals surface area contributed by atoms with Gasteiger partial charge >= 0.3 is 0 Å². The highest BCUT2D eigenvalue weighted by atomic mass is 32.2. The van der Waals surface area contributed by atoms with Crippen LogP contribution < -0.4 is 9.46 Å². The third kappa shape index (κ3) is 4.79. The van der Waals surface area contributed by atoms with Crippen LogP contribution in [0.4, 0.5) is 4.39 Å². The van der Waals surface area contributed by atoms with Crippen LogP contribution in [0.25, 0.3) is 11.1 Å². The average molecular weight is 456 g/mol. The van der Waals surface area contributed by atoms with Crippen molar-refractivity contribution >= 4 is 15.9 Å². The third-order valence-corrected chi connectivity index (χ3v) is 5.80. The Balaban J connectivity index is 1.65. The summed E-state index contributed by atoms with van der Waals surface area (Å²) in [6, 6.07) is 14.0. The predicted octanol–water partition coefficient (Wildman–Crippen LogP) is 2.86. The van der Waals surface area contributed by atoms with Gasteiger partial charge in [-0.3, -0.25) is 9.78 Å². The summed E-state index contributed by atoms with van der Waals surface area (Å²) < 4.78 is 44.7. The molecule has 2 heterocycles. The molecule has 2 N–H and O–H groups in total. The van der Waals surface area contributed by atoms with Gasteiger partial charge in [0.25, 0.3) is 5.91 Å². The van der Waals surface area contributed by atoms with E-state index < -0.39 is 27.9 Å². The first-order valence-electron chi connectivity index (χ1n) is 9.88. The summed E-state index contributed by atoms with van der Waals surface area (Å²) in [7, 11) is -3.79. The lowest BCUT2D eigenvalue weighted by Crippen LogP contribution is -2.29. The highest BCUT2D eigenvalue weighted by Gasteiger charge is 2.30. The number of hydrogen-bond acceptors (Lipinski definition) is 6. The van der Waals surface area contributed by atoms with E-state index in [0.29, 0.717) is 23.3 Å². The molecule has 4 rings (SSSR count). The minimum atomic E-state index is -3.79. The number of benzene rings is 2. The molecule has 2 aromatic carbocycles. The largest absolute Gasteiger partial charge is 0.493 e. The quantitative estimate of drug-likeness (QED) is 0.612. The smallest absolute Gasteiger partial charge is 0.265 e. The molecular formula is C23H21FN2O5S. The van der Waals surface area contributed by atoms with Crippen molar-refractivity contribution in [1.82, 2.24) is 9.71 Å². The van der Waals surface area contributed by atoms with Crippen molar-refractivity contribution in [2.75, 3.05) is 12.9 Å². The van der Waals surface area contributed by atoms with Crippen LogP contribution in [0.2, 0.25) is 0 Å². The Labute approximate surface area is 184 Å². The maximum absolute atomic E-state index is 14.0. The number of sulfonamides is 1. The van der Waals surface area contributed by atoms with E-state index >= 15 is 0 Å². The lowest BCUT2D eigenvalue weighted by molar-refractivity contribution is 0.0503. The Morgan fingerprint density at radius 2 is 2.03 bits per heavy atom. The number of amides is 1. The lowest BCUT2D eigenvalue weighted by Gasteiger charge is -2.30. The Morgan fingerprint density at radius 1 is 1.22 bits per heavy atom. The van der Waals surface area contributed by atoms with Crippen molar-refractivity contribution in [3.05, 3.63) is 83.4 Å². The molecule has 9 heteroatoms. The number of hydrogen-bond donors (Lipinski definition) is 2. The number of nitrogens with zero attached hydrogens (tertiary/aromatic N) is 1. The lowest BCUT2D eigenvalue weighted by atomic mass is 9.88. The van der Waals surface area contributed by atoms with Gasteiger partial charge in [0, 0.05) is 28.9 Å². The van der Waals surface area contributed by atoms with Gasteiger partial charge in [0.1, 0.15) is 11.6 Å². The van der Waals surface area contributed by atoms with Gasteiger partial charge in [-0.15, -0.1) is 0 Å². The molecule has 0 bridgehead atoms. The van der Waals surface area contributed by atoms with E-state index in [1.54, 1.807) is 24.4 Å². The molecule has 1 aliphatic rings. The van der Waals surface area contributed by atoms with Gasteiger partial charge < -0.3 is 9.84 Å². The number of carbonyl (C=O) groups excluding carboxylic acids is 1. The molecular weight excluding hydrogens is 435 g/mol. The normalized spacial score (nSPS) is 17.8. The van der Waals surface area contributed by atoms with Crippen molar-refractivity contribution in [2.45, 2.75) is 12.5 Å². The van der Waals surface area contributed by atoms with E-state index in [1.165, 1.54) is 6.07 Å². The van der Waals surface area contributed by atoms with Crippen LogP contribution in [0.15, 0.2) is 60.8 Å². The Morgan fingerprint density at radius 3 is 2.75 bits per heavy atom. The molecule has 1 amide bonds. The molecule has 0 aliphatic carbocycles. The summed E-state index contributed by atoms with van der Waals surface area (Å²) in [4.78, 5) is 16.7. The fraction of sp³-hybridized carbons (Fsp3) is 0.217. The van der Waals surface area contributed by atoms with Crippen LogP contribution in [-0.4, -0.2) is 37.3 Å². The van der Waals surface area contributed by atoms with Crippen molar-refractivity contribution in [3.63, 3.8) is 0 Å². The van der Waals surface area contributed by atoms with E-state index in [9.17, 15) is 22.7 Å². The molecule has 32 heavy (non-hydrogen) atoms. The number of halogens is 1. The molecule has 7 nitrogen and oxygen atoms in total. The number of carbonyl (C=O) groups is 1. The zero-order valence-electron chi connectivity index (χ0n) is 17.2. The van der Waals surface area contributed by atoms with Crippen LogP contribution in [0, 0.1) is 11.7 Å². The second-order valence-electron chi connectivity index (χ2n) is 7.69. The van der Waals surface area contributed by atoms with Crippen LogP contribution in [0.5, 0.6) is 5.75 Å². The summed E-state index contributed by atoms with van der Waals surface area (Å²) in [5, 5.41) is 10.9. The standard InChI is InChI=1S/C23H21FN2O5S/c1-32(29,30)26-23(28)18-8-6-16(24)12-20(18)14-5-7-19-21(11-14)31-13-15(22(19)27)10-17-4-2-3-9-25-17/h2-9,11-12,15,22,27H,10,13H2,1H3,(H,26,28)/t15?,22-/m1/s1. The molecule has 2 atom stereocenters. The van der Waals surface area contributed by atoms with Crippen molar-refractivity contribution in [2.24, 2.45) is 5.92 Å². The van der Waals surface area contributed by atoms with Crippen LogP contribution in [-0.2, 0) is 16.4 Å². The monoisotopic (exact) mass is 456 g/mol. The van der Waals surface area contributed by atoms with E-state index in [0.717, 1.165) is 24.1 Å². The Kier molecular flexibility index (Phi) is 5.94. The van der Waals surface area contributed by atoms with Gasteiger partial charge in [0.15, 0.2) is 0 Å². The molecule has 1 aliphatic heterocycles. The Bertz CT molecular complexity index is 1260. The molecule has 0 radical (unpaired) electrons. The Hall–Kier alpha value is -3.30. The molecule has 1 unspecified atom stereocenters. The first-order chi connectivity index (χ1) is 15.2. The number of nitrogens with one attached hydrogen (secondary N) is 1. The SMILES string of the molecule is CS(=O)(=O)NC(=O)c1ccc(F)cc1-c1ccc2c(c1)OCC(Cc1ccccn1)[C@H]2O. The second kappa shape index (κ2) is 8.68. The van der Waals surface area contributed by atoms with Gasteiger partial charge in [0.05, 0.1) is 19.0 Å². The van der Waals surface area contributed by atoms with Crippen LogP contribution >= 0.6 is 0 Å². The summed E-state index contributed by atoms with van der Waals surface area (Å²) in [5.41, 5.74) is 2.10. The molecule has 0 spiro atoms. The highest BCUT2D eigenvalue weighted by molar-refractivity contribution is 7.89. The maximum atomic E-state index is 14.0. The maximum Gasteiger partial charge on any atom is 0.265 e. The summed E-state index contributed by atoms with van der Waals surface area (Å²) in [6.07, 6.45) is 2.32. The predicted molar refractivity (Wildman–Crippen MR) is 116 cm³/mol. The van der Waals surface area contributed by atoms with Crippen LogP contribution in [0.1, 0.15) is 27.7 Å². The summed E-state index contributed by atoms with van der Waals surface area (Å²) in [6.45, 7) is 0.263. The second-order valence-corrected chi connectivity index (χ2v) is 9.44. The minimum absolute atomic E-state index is 0.00108. The van der Waals surface area contributed by atoms with Gasteiger partial charge in [-0.1, -0.05) is 18.2 Å². The molecule has 0 saturated heterocycles. The molecule has 3 aromatic rings. The average Bonchev–Trinajstić information content (AvgIpc) is 2.75. The summed E-state index contributed by atoms with van der Waals surface area (Å²) >= 11 is 0. The fourth-order valence-corrected chi connectivity index (χ4v) is 4.19. The number of aliphatic hydroxyl groups is 1. The number of fused-ring (bicyclic) bond motifs is 1. The van der Waals surface area contributed by atoms with Crippen molar-refractivity contribution < 1.29 is 27.4 Å². The zero-order chi connectivity index (χ0) is 22.9. The zero-order valence-corrected chi connectivity index (χ0v) is 18.0. The molecule has 166 valence electrons. The molecule has 0 fully saturated rings. The van der Waals surface area contributed by atoms with Gasteiger partial charge in [-0.2, -0.15) is 0 Å². The van der Waals surface area contributed by atoms with E-state index in [-0.39, 0.29) is 23.7 Å². The van der Waals surface area contributed by atoms with Gasteiger partial charge in [-0.25, -0.2) is 17.5 Å². The van der Waals surface area contributed by atoms with E-state index in [1.807, 2.05) is 22.9 Å². The minimum Gasteiger partial charge on any atom is -0.493 e. The molecule has 1 aromatic heterocycles. The number of pyridine rings is 1. The summed E-state index contributed by atoms with van der Waals surface area (Å²) in [5.74, 6) is -1.21. The van der Waals surface area contributed by atoms with Crippen LogP contribution in [0.3, 0.4) is 0 Å². The topological polar surface area (TPSA) is 106 Å². The van der Waals surface area contributed by atoms with Gasteiger partial charge in [-0.05, 0) is 53.9 Å². The van der Waals surface area contributed by atoms with Crippen molar-refractivity contribution in [1.29, 1.82) is 0 Å². The fourth-order valence-electron chi connectivity index (χ4n) is 3.75. The highest BCUT2D eigenvalue weighted by Crippen LogP contribution is 2.39. The van der Waals surface area contributed by atoms with Gasteiger partial charge in [0.2, 0.25) is 10.0 Å². The first kappa shape index (κ1) is 21.9. The molecule has 0 saturated carbocycles. The first-order valence-corrected chi connectivity index (χ1v) is 11.8. The number of ether oxygens (including phenoxy) is 1. The number of aliphatic hydroxyl groups excluding tert-OH is 1. The number of aromatic nitrogens is 1. The van der Waals surface area contributed by atoms with Crippen molar-refractivity contribution in [3.8, 4) is 16.9 Å². The van der Waals surface area contributed by atoms with E-state index in [2.05, 4.69) is 4.98 Å².